The van der Waals surface area contributed by atoms with Crippen LogP contribution >= 0.6 is 0 Å². The van der Waals surface area contributed by atoms with Crippen molar-refractivity contribution in [3.63, 3.8) is 0 Å². The number of ether oxygens (including phenoxy) is 3. The highest BCUT2D eigenvalue weighted by molar-refractivity contribution is 4.92. The van der Waals surface area contributed by atoms with E-state index in [-0.39, 0.29) is 0 Å². The van der Waals surface area contributed by atoms with Crippen molar-refractivity contribution in [2.45, 2.75) is 68.3 Å². The zero-order valence-electron chi connectivity index (χ0n) is 11.8. The molecule has 22 heavy (non-hydrogen) atoms. The number of hydrogen-bond donors (Lipinski definition) is 7. The van der Waals surface area contributed by atoms with Crippen LogP contribution in [0.15, 0.2) is 0 Å². The lowest BCUT2D eigenvalue weighted by atomic mass is 9.97. The van der Waals surface area contributed by atoms with Crippen molar-refractivity contribution in [3.8, 4) is 0 Å². The van der Waals surface area contributed by atoms with Gasteiger partial charge in [0.1, 0.15) is 42.7 Å². The summed E-state index contributed by atoms with van der Waals surface area (Å²) >= 11 is 0. The Morgan fingerprint density at radius 2 is 1.45 bits per heavy atom. The third kappa shape index (κ3) is 3.26. The lowest BCUT2D eigenvalue weighted by Gasteiger charge is -2.44. The Morgan fingerprint density at radius 3 is 2.05 bits per heavy atom. The van der Waals surface area contributed by atoms with Gasteiger partial charge in [-0.3, -0.25) is 0 Å². The van der Waals surface area contributed by atoms with Crippen molar-refractivity contribution in [1.29, 1.82) is 0 Å². The molecule has 7 N–H and O–H groups in total. The lowest BCUT2D eigenvalue weighted by molar-refractivity contribution is -0.353. The molecular formula is C12H22O10. The van der Waals surface area contributed by atoms with E-state index < -0.39 is 68.0 Å². The van der Waals surface area contributed by atoms with Crippen LogP contribution in [0.4, 0.5) is 0 Å². The van der Waals surface area contributed by atoms with Crippen LogP contribution in [-0.2, 0) is 14.2 Å². The summed E-state index contributed by atoms with van der Waals surface area (Å²) in [5, 5.41) is 67.6. The Morgan fingerprint density at radius 1 is 0.818 bits per heavy atom. The van der Waals surface area contributed by atoms with Gasteiger partial charge in [-0.15, -0.1) is 0 Å². The summed E-state index contributed by atoms with van der Waals surface area (Å²) in [6.45, 7) is 0.812. The molecule has 10 heteroatoms. The van der Waals surface area contributed by atoms with E-state index in [1.807, 2.05) is 0 Å². The molecule has 0 bridgehead atoms. The van der Waals surface area contributed by atoms with Gasteiger partial charge in [0.15, 0.2) is 12.6 Å². The van der Waals surface area contributed by atoms with Gasteiger partial charge in [0.2, 0.25) is 0 Å². The van der Waals surface area contributed by atoms with E-state index in [1.54, 1.807) is 0 Å². The molecule has 2 rings (SSSR count). The zero-order valence-corrected chi connectivity index (χ0v) is 11.8. The quantitative estimate of drug-likeness (QED) is 0.269. The second-order valence-electron chi connectivity index (χ2n) is 5.51. The third-order valence-electron chi connectivity index (χ3n) is 3.94. The predicted molar refractivity (Wildman–Crippen MR) is 67.2 cm³/mol. The highest BCUT2D eigenvalue weighted by Gasteiger charge is 2.49. The van der Waals surface area contributed by atoms with Crippen LogP contribution in [-0.4, -0.2) is 104 Å². The Balaban J connectivity index is 2.10. The van der Waals surface area contributed by atoms with Crippen LogP contribution in [0, 0.1) is 0 Å². The maximum atomic E-state index is 9.96. The molecule has 10 atom stereocenters. The minimum atomic E-state index is -1.67. The highest BCUT2D eigenvalue weighted by atomic mass is 16.7. The Hall–Kier alpha value is -0.400. The molecule has 0 spiro atoms. The number of hydrogen-bond acceptors (Lipinski definition) is 10. The monoisotopic (exact) mass is 326 g/mol. The minimum absolute atomic E-state index is 0.636. The fourth-order valence-electron chi connectivity index (χ4n) is 2.51. The molecule has 1 unspecified atom stereocenters. The maximum absolute atomic E-state index is 9.96. The number of aliphatic hydroxyl groups is 7. The Bertz CT molecular complexity index is 352. The average Bonchev–Trinajstić information content (AvgIpc) is 2.49. The molecule has 0 aromatic heterocycles. The van der Waals surface area contributed by atoms with Gasteiger partial charge in [-0.1, -0.05) is 0 Å². The van der Waals surface area contributed by atoms with Crippen molar-refractivity contribution in [1.82, 2.24) is 0 Å². The van der Waals surface area contributed by atoms with Gasteiger partial charge >= 0.3 is 0 Å². The topological polar surface area (TPSA) is 169 Å². The molecular weight excluding hydrogens is 304 g/mol. The van der Waals surface area contributed by atoms with E-state index in [2.05, 4.69) is 0 Å². The van der Waals surface area contributed by atoms with E-state index in [1.165, 1.54) is 6.92 Å². The van der Waals surface area contributed by atoms with Crippen LogP contribution in [0.1, 0.15) is 6.92 Å². The standard InChI is InChI=1S/C12H22O10/c1-3-5(14)10(9(18)11(19)20-3)22-12-8(17)7(16)6(15)4(2-13)21-12/h3-19H,2H2,1H3/t3-,4-,5+,6+,7-,8-,9+,10+,11?,12+/m1/s1. The molecule has 0 aromatic rings. The lowest BCUT2D eigenvalue weighted by Crippen LogP contribution is -2.63. The molecule has 2 fully saturated rings. The first-order chi connectivity index (χ1) is 10.3. The van der Waals surface area contributed by atoms with E-state index in [0.29, 0.717) is 0 Å². The SMILES string of the molecule is C[C@H]1OC(O)[C@@H](O)[C@@H](O[C@@H]2O[C@H](CO)[C@H](O)[C@@H](O)[C@H]2O)[C@H]1O. The zero-order chi connectivity index (χ0) is 16.6. The predicted octanol–water partition coefficient (Wildman–Crippen LogP) is -4.37. The van der Waals surface area contributed by atoms with Gasteiger partial charge in [0, 0.05) is 0 Å². The van der Waals surface area contributed by atoms with Crippen LogP contribution in [0.5, 0.6) is 0 Å². The smallest absolute Gasteiger partial charge is 0.187 e. The number of rotatable bonds is 3. The summed E-state index contributed by atoms with van der Waals surface area (Å²) in [5.41, 5.74) is 0. The third-order valence-corrected chi connectivity index (χ3v) is 3.94. The first-order valence-corrected chi connectivity index (χ1v) is 6.93. The van der Waals surface area contributed by atoms with E-state index >= 15 is 0 Å². The fraction of sp³-hybridized carbons (Fsp3) is 1.00. The summed E-state index contributed by atoms with van der Waals surface area (Å²) in [5.74, 6) is 0. The van der Waals surface area contributed by atoms with Crippen LogP contribution in [0.2, 0.25) is 0 Å². The molecule has 2 heterocycles. The van der Waals surface area contributed by atoms with Crippen molar-refractivity contribution in [3.05, 3.63) is 0 Å². The molecule has 2 aliphatic heterocycles. The van der Waals surface area contributed by atoms with E-state index in [4.69, 9.17) is 19.3 Å². The first kappa shape index (κ1) is 17.9. The molecule has 0 aliphatic carbocycles. The fourth-order valence-corrected chi connectivity index (χ4v) is 2.51. The molecule has 130 valence electrons. The van der Waals surface area contributed by atoms with Gasteiger partial charge in [0.05, 0.1) is 12.7 Å². The highest BCUT2D eigenvalue weighted by Crippen LogP contribution is 2.28. The maximum Gasteiger partial charge on any atom is 0.187 e. The number of aliphatic hydroxyl groups excluding tert-OH is 7. The van der Waals surface area contributed by atoms with Crippen LogP contribution in [0.25, 0.3) is 0 Å². The average molecular weight is 326 g/mol. The molecule has 2 saturated heterocycles. The normalized spacial score (nSPS) is 53.5. The van der Waals surface area contributed by atoms with E-state index in [0.717, 1.165) is 0 Å². The van der Waals surface area contributed by atoms with Gasteiger partial charge in [0.25, 0.3) is 0 Å². The van der Waals surface area contributed by atoms with Crippen molar-refractivity contribution in [2.24, 2.45) is 0 Å². The Kier molecular flexibility index (Phi) is 5.72. The van der Waals surface area contributed by atoms with Crippen LogP contribution < -0.4 is 0 Å². The first-order valence-electron chi connectivity index (χ1n) is 6.93. The summed E-state index contributed by atoms with van der Waals surface area (Å²) < 4.78 is 15.3. The molecule has 0 saturated carbocycles. The summed E-state index contributed by atoms with van der Waals surface area (Å²) in [7, 11) is 0. The van der Waals surface area contributed by atoms with Gasteiger partial charge in [-0.2, -0.15) is 0 Å². The van der Waals surface area contributed by atoms with Crippen molar-refractivity contribution < 1.29 is 50.0 Å². The summed E-state index contributed by atoms with van der Waals surface area (Å²) in [4.78, 5) is 0. The van der Waals surface area contributed by atoms with E-state index in [9.17, 15) is 30.6 Å². The van der Waals surface area contributed by atoms with Gasteiger partial charge < -0.3 is 50.0 Å². The molecule has 0 amide bonds. The minimum Gasteiger partial charge on any atom is -0.394 e. The molecule has 10 nitrogen and oxygen atoms in total. The second kappa shape index (κ2) is 7.01. The van der Waals surface area contributed by atoms with Gasteiger partial charge in [-0.25, -0.2) is 0 Å². The molecule has 0 aromatic carbocycles. The van der Waals surface area contributed by atoms with Crippen molar-refractivity contribution >= 4 is 0 Å². The summed E-state index contributed by atoms with van der Waals surface area (Å²) in [6, 6.07) is 0. The molecule has 0 radical (unpaired) electrons. The van der Waals surface area contributed by atoms with Gasteiger partial charge in [-0.05, 0) is 6.92 Å². The second-order valence-corrected chi connectivity index (χ2v) is 5.51. The largest absolute Gasteiger partial charge is 0.394 e. The van der Waals surface area contributed by atoms with Crippen LogP contribution in [0.3, 0.4) is 0 Å². The van der Waals surface area contributed by atoms with Crippen molar-refractivity contribution in [2.75, 3.05) is 6.61 Å². The Labute approximate surface area is 126 Å². The molecule has 2 aliphatic rings. The summed E-state index contributed by atoms with van der Waals surface area (Å²) in [6.07, 6.45) is -14.3.